The van der Waals surface area contributed by atoms with E-state index in [1.807, 2.05) is 12.1 Å². The molecule has 1 saturated heterocycles. The Morgan fingerprint density at radius 3 is 2.60 bits per heavy atom. The van der Waals surface area contributed by atoms with Crippen LogP contribution in [0.5, 0.6) is 0 Å². The van der Waals surface area contributed by atoms with Crippen molar-refractivity contribution in [2.45, 2.75) is 53.0 Å². The molecule has 1 aromatic carbocycles. The third-order valence-electron chi connectivity index (χ3n) is 5.81. The fourth-order valence-corrected chi connectivity index (χ4v) is 4.15. The number of aliphatic imine (C=N–C) groups is 1. The first-order chi connectivity index (χ1) is 14.5. The van der Waals surface area contributed by atoms with Gasteiger partial charge in [0.05, 0.1) is 0 Å². The summed E-state index contributed by atoms with van der Waals surface area (Å²) in [6.07, 6.45) is 4.12. The van der Waals surface area contributed by atoms with E-state index in [9.17, 15) is 9.50 Å². The van der Waals surface area contributed by atoms with Crippen LogP contribution in [0.2, 0.25) is 0 Å². The second kappa shape index (κ2) is 13.6. The van der Waals surface area contributed by atoms with E-state index in [-0.39, 0.29) is 12.4 Å². The Morgan fingerprint density at radius 1 is 1.23 bits per heavy atom. The first-order valence-electron chi connectivity index (χ1n) is 11.6. The van der Waals surface area contributed by atoms with E-state index >= 15 is 0 Å². The minimum absolute atomic E-state index is 0.107. The van der Waals surface area contributed by atoms with Gasteiger partial charge in [0, 0.05) is 38.3 Å². The van der Waals surface area contributed by atoms with Crippen molar-refractivity contribution in [2.75, 3.05) is 39.3 Å². The summed E-state index contributed by atoms with van der Waals surface area (Å²) in [6.45, 7) is 11.9. The number of guanidine groups is 1. The molecule has 6 heteroatoms. The van der Waals surface area contributed by atoms with Gasteiger partial charge in [0.1, 0.15) is 5.82 Å². The number of piperidine rings is 1. The van der Waals surface area contributed by atoms with Gasteiger partial charge in [-0.15, -0.1) is 0 Å². The first kappa shape index (κ1) is 24.6. The third kappa shape index (κ3) is 9.00. The molecule has 0 aromatic heterocycles. The second-order valence-electron chi connectivity index (χ2n) is 8.92. The van der Waals surface area contributed by atoms with Gasteiger partial charge in [-0.3, -0.25) is 9.89 Å². The van der Waals surface area contributed by atoms with Crippen molar-refractivity contribution >= 4 is 5.96 Å². The number of nitrogens with zero attached hydrogens (tertiary/aromatic N) is 2. The van der Waals surface area contributed by atoms with Crippen LogP contribution in [-0.4, -0.2) is 55.3 Å². The molecule has 0 aliphatic carbocycles. The summed E-state index contributed by atoms with van der Waals surface area (Å²) in [5.74, 6) is 2.41. The fraction of sp³-hybridized carbons (Fsp3) is 0.708. The second-order valence-corrected chi connectivity index (χ2v) is 8.92. The third-order valence-corrected chi connectivity index (χ3v) is 5.81. The summed E-state index contributed by atoms with van der Waals surface area (Å²) in [7, 11) is 0. The van der Waals surface area contributed by atoms with Crippen molar-refractivity contribution < 1.29 is 9.50 Å². The molecular weight excluding hydrogens is 379 g/mol. The number of nitrogens with one attached hydrogen (secondary N) is 2. The molecule has 5 nitrogen and oxygen atoms in total. The molecule has 0 amide bonds. The van der Waals surface area contributed by atoms with Gasteiger partial charge in [0.15, 0.2) is 5.96 Å². The van der Waals surface area contributed by atoms with Crippen LogP contribution in [0.1, 0.15) is 52.0 Å². The molecule has 0 radical (unpaired) electrons. The molecule has 3 N–H and O–H groups in total. The van der Waals surface area contributed by atoms with E-state index in [4.69, 9.17) is 4.99 Å². The van der Waals surface area contributed by atoms with Gasteiger partial charge >= 0.3 is 0 Å². The largest absolute Gasteiger partial charge is 0.396 e. The van der Waals surface area contributed by atoms with Gasteiger partial charge in [-0.1, -0.05) is 32.0 Å². The summed E-state index contributed by atoms with van der Waals surface area (Å²) in [4.78, 5) is 7.13. The van der Waals surface area contributed by atoms with E-state index in [0.29, 0.717) is 24.3 Å². The van der Waals surface area contributed by atoms with E-state index in [1.165, 1.54) is 0 Å². The number of aliphatic hydroxyl groups is 1. The van der Waals surface area contributed by atoms with Gasteiger partial charge < -0.3 is 15.7 Å². The highest BCUT2D eigenvalue weighted by atomic mass is 19.1. The van der Waals surface area contributed by atoms with Gasteiger partial charge in [0.25, 0.3) is 0 Å². The normalized spacial score (nSPS) is 17.3. The van der Waals surface area contributed by atoms with Gasteiger partial charge in [-0.05, 0) is 69.5 Å². The number of hydrogen-bond acceptors (Lipinski definition) is 3. The minimum Gasteiger partial charge on any atom is -0.396 e. The van der Waals surface area contributed by atoms with Crippen molar-refractivity contribution in [1.29, 1.82) is 0 Å². The lowest BCUT2D eigenvalue weighted by Gasteiger charge is -2.32. The van der Waals surface area contributed by atoms with Crippen LogP contribution in [0, 0.1) is 23.6 Å². The highest BCUT2D eigenvalue weighted by molar-refractivity contribution is 5.79. The standard InChI is InChI=1S/C24H41FN4O/c1-4-26-24(28-17-21(11-14-30)15-19(2)3)27-16-20-9-12-29(13-10-20)18-22-7-5-6-8-23(22)25/h5-8,19-21,30H,4,9-18H2,1-3H3,(H2,26,27,28). The molecular formula is C24H41FN4O. The van der Waals surface area contributed by atoms with E-state index in [2.05, 4.69) is 36.3 Å². The Balaban J connectivity index is 1.77. The van der Waals surface area contributed by atoms with Crippen molar-refractivity contribution in [3.63, 3.8) is 0 Å². The predicted octanol–water partition coefficient (Wildman–Crippen LogP) is 3.64. The van der Waals surface area contributed by atoms with Crippen molar-refractivity contribution in [3.8, 4) is 0 Å². The van der Waals surface area contributed by atoms with Crippen LogP contribution in [0.3, 0.4) is 0 Å². The number of aliphatic hydroxyl groups excluding tert-OH is 1. The smallest absolute Gasteiger partial charge is 0.191 e. The molecule has 0 bridgehead atoms. The van der Waals surface area contributed by atoms with Crippen LogP contribution in [0.15, 0.2) is 29.3 Å². The summed E-state index contributed by atoms with van der Waals surface area (Å²) in [6, 6.07) is 7.07. The van der Waals surface area contributed by atoms with Crippen LogP contribution in [0.4, 0.5) is 4.39 Å². The first-order valence-corrected chi connectivity index (χ1v) is 11.6. The maximum Gasteiger partial charge on any atom is 0.191 e. The van der Waals surface area contributed by atoms with E-state index in [0.717, 1.165) is 69.9 Å². The molecule has 1 aromatic rings. The monoisotopic (exact) mass is 420 g/mol. The Hall–Kier alpha value is -1.66. The number of likely N-dealkylation sites (tertiary alicyclic amines) is 1. The Kier molecular flexibility index (Phi) is 11.2. The molecule has 2 rings (SSSR count). The maximum atomic E-state index is 13.9. The average molecular weight is 421 g/mol. The molecule has 0 saturated carbocycles. The van der Waals surface area contributed by atoms with E-state index < -0.39 is 0 Å². The predicted molar refractivity (Wildman–Crippen MR) is 123 cm³/mol. The quantitative estimate of drug-likeness (QED) is 0.378. The minimum atomic E-state index is -0.107. The molecule has 30 heavy (non-hydrogen) atoms. The molecule has 0 spiro atoms. The zero-order valence-corrected chi connectivity index (χ0v) is 19.0. The topological polar surface area (TPSA) is 59.9 Å². The molecule has 1 heterocycles. The lowest BCUT2D eigenvalue weighted by Crippen LogP contribution is -2.43. The Morgan fingerprint density at radius 2 is 1.97 bits per heavy atom. The van der Waals surface area contributed by atoms with Crippen LogP contribution in [-0.2, 0) is 6.54 Å². The van der Waals surface area contributed by atoms with Gasteiger partial charge in [0.2, 0.25) is 0 Å². The van der Waals surface area contributed by atoms with Crippen LogP contribution < -0.4 is 10.6 Å². The summed E-state index contributed by atoms with van der Waals surface area (Å²) < 4.78 is 13.9. The Labute approximate surface area is 182 Å². The maximum absolute atomic E-state index is 13.9. The SMILES string of the molecule is CCNC(=NCC(CCO)CC(C)C)NCC1CCN(Cc2ccccc2F)CC1. The lowest BCUT2D eigenvalue weighted by atomic mass is 9.94. The summed E-state index contributed by atoms with van der Waals surface area (Å²) in [5, 5.41) is 16.2. The van der Waals surface area contributed by atoms with Crippen molar-refractivity contribution in [2.24, 2.45) is 22.7 Å². The van der Waals surface area contributed by atoms with Crippen LogP contribution >= 0.6 is 0 Å². The van der Waals surface area contributed by atoms with Gasteiger partial charge in [-0.25, -0.2) is 4.39 Å². The van der Waals surface area contributed by atoms with Crippen LogP contribution in [0.25, 0.3) is 0 Å². The fourth-order valence-electron chi connectivity index (χ4n) is 4.15. The molecule has 1 atom stereocenters. The zero-order chi connectivity index (χ0) is 21.8. The number of hydrogen-bond donors (Lipinski definition) is 3. The highest BCUT2D eigenvalue weighted by Crippen LogP contribution is 2.19. The zero-order valence-electron chi connectivity index (χ0n) is 19.0. The number of halogens is 1. The van der Waals surface area contributed by atoms with Crippen molar-refractivity contribution in [3.05, 3.63) is 35.6 Å². The molecule has 1 aliphatic heterocycles. The molecule has 1 fully saturated rings. The highest BCUT2D eigenvalue weighted by Gasteiger charge is 2.20. The molecule has 170 valence electrons. The summed E-state index contributed by atoms with van der Waals surface area (Å²) in [5.41, 5.74) is 0.787. The van der Waals surface area contributed by atoms with Crippen molar-refractivity contribution in [1.82, 2.24) is 15.5 Å². The number of rotatable bonds is 11. The molecule has 1 aliphatic rings. The lowest BCUT2D eigenvalue weighted by molar-refractivity contribution is 0.176. The van der Waals surface area contributed by atoms with Gasteiger partial charge in [-0.2, -0.15) is 0 Å². The summed E-state index contributed by atoms with van der Waals surface area (Å²) >= 11 is 0. The average Bonchev–Trinajstić information content (AvgIpc) is 2.72. The number of benzene rings is 1. The Bertz CT molecular complexity index is 629. The molecule has 1 unspecified atom stereocenters. The van der Waals surface area contributed by atoms with E-state index in [1.54, 1.807) is 12.1 Å².